The maximum atomic E-state index is 2.42. The first-order valence-electron chi connectivity index (χ1n) is 15.4. The van der Waals surface area contributed by atoms with E-state index in [0.29, 0.717) is 0 Å². The number of hydrogen-bond donors (Lipinski definition) is 0. The van der Waals surface area contributed by atoms with Crippen molar-refractivity contribution in [1.29, 1.82) is 0 Å². The van der Waals surface area contributed by atoms with Crippen LogP contribution in [0.2, 0.25) is 0 Å². The molecular formula is C42H30N2. The van der Waals surface area contributed by atoms with Crippen molar-refractivity contribution in [2.45, 2.75) is 11.8 Å². The molecule has 1 aliphatic rings. The predicted molar refractivity (Wildman–Crippen MR) is 186 cm³/mol. The molecule has 44 heavy (non-hydrogen) atoms. The molecular weight excluding hydrogens is 532 g/mol. The molecule has 0 radical (unpaired) electrons. The van der Waals surface area contributed by atoms with E-state index in [-0.39, 0.29) is 11.8 Å². The fourth-order valence-corrected chi connectivity index (χ4v) is 7.46. The van der Waals surface area contributed by atoms with Crippen LogP contribution in [0.1, 0.15) is 23.0 Å². The van der Waals surface area contributed by atoms with Gasteiger partial charge in [-0.15, -0.1) is 0 Å². The summed E-state index contributed by atoms with van der Waals surface area (Å²) in [6.45, 7) is 0. The minimum atomic E-state index is 0.220. The lowest BCUT2D eigenvalue weighted by atomic mass is 9.60. The van der Waals surface area contributed by atoms with E-state index in [9.17, 15) is 0 Å². The Morgan fingerprint density at radius 3 is 0.909 bits per heavy atom. The number of benzene rings is 6. The summed E-state index contributed by atoms with van der Waals surface area (Å²) >= 11 is 0. The van der Waals surface area contributed by atoms with Crippen molar-refractivity contribution in [2.24, 2.45) is 0 Å². The van der Waals surface area contributed by atoms with Gasteiger partial charge in [0.1, 0.15) is 0 Å². The van der Waals surface area contributed by atoms with Crippen LogP contribution in [0.25, 0.3) is 56.0 Å². The molecule has 2 heteroatoms. The van der Waals surface area contributed by atoms with Gasteiger partial charge in [0.05, 0.1) is 22.1 Å². The Balaban J connectivity index is 1.36. The van der Waals surface area contributed by atoms with Gasteiger partial charge in [0.15, 0.2) is 0 Å². The molecule has 208 valence electrons. The summed E-state index contributed by atoms with van der Waals surface area (Å²) in [5, 5.41) is 5.12. The Kier molecular flexibility index (Phi) is 5.67. The quantitative estimate of drug-likeness (QED) is 0.202. The second kappa shape index (κ2) is 10.00. The monoisotopic (exact) mass is 562 g/mol. The Labute approximate surface area is 256 Å². The highest BCUT2D eigenvalue weighted by Crippen LogP contribution is 2.58. The maximum absolute atomic E-state index is 2.42. The van der Waals surface area contributed by atoms with Crippen molar-refractivity contribution >= 4 is 56.0 Å². The summed E-state index contributed by atoms with van der Waals surface area (Å²) in [5.74, 6) is 0.440. The Morgan fingerprint density at radius 2 is 0.591 bits per heavy atom. The molecule has 0 saturated heterocycles. The predicted octanol–water partition coefficient (Wildman–Crippen LogP) is 10.9. The molecule has 2 unspecified atom stereocenters. The molecule has 1 aliphatic carbocycles. The lowest BCUT2D eigenvalue weighted by Crippen LogP contribution is -2.29. The average molecular weight is 563 g/mol. The first-order chi connectivity index (χ1) is 21.9. The van der Waals surface area contributed by atoms with E-state index >= 15 is 0 Å². The third-order valence-electron chi connectivity index (χ3n) is 9.43. The van der Waals surface area contributed by atoms with E-state index in [1.807, 2.05) is 0 Å². The molecule has 0 N–H and O–H groups in total. The average Bonchev–Trinajstić information content (AvgIpc) is 3.58. The summed E-state index contributed by atoms with van der Waals surface area (Å²) in [5.41, 5.74) is 10.3. The van der Waals surface area contributed by atoms with E-state index in [1.54, 1.807) is 0 Å². The van der Waals surface area contributed by atoms with Gasteiger partial charge in [0.2, 0.25) is 0 Å². The van der Waals surface area contributed by atoms with Crippen LogP contribution in [0.3, 0.4) is 0 Å². The molecule has 1 fully saturated rings. The first kappa shape index (κ1) is 24.9. The van der Waals surface area contributed by atoms with Gasteiger partial charge in [-0.2, -0.15) is 0 Å². The van der Waals surface area contributed by atoms with Gasteiger partial charge < -0.3 is 9.13 Å². The fraction of sp³-hybridized carbons (Fsp3) is 0.0476. The van der Waals surface area contributed by atoms with Gasteiger partial charge in [0.25, 0.3) is 0 Å². The normalized spacial score (nSPS) is 18.5. The highest BCUT2D eigenvalue weighted by molar-refractivity contribution is 6.10. The van der Waals surface area contributed by atoms with E-state index in [0.717, 1.165) is 0 Å². The van der Waals surface area contributed by atoms with Crippen LogP contribution in [0.15, 0.2) is 169 Å². The van der Waals surface area contributed by atoms with Crippen LogP contribution in [-0.4, -0.2) is 9.13 Å². The zero-order valence-corrected chi connectivity index (χ0v) is 24.2. The maximum Gasteiger partial charge on any atom is 0.0535 e. The fourth-order valence-electron chi connectivity index (χ4n) is 7.46. The van der Waals surface area contributed by atoms with Gasteiger partial charge >= 0.3 is 0 Å². The molecule has 0 spiro atoms. The molecule has 2 heterocycles. The SMILES string of the molecule is C(=C1\C(=C\n2c3ccccc3c3ccccc32)C(c2ccccc2)C1c1ccccc1)/n1c2ccccc2c2ccccc21. The number of allylic oxidation sites excluding steroid dienone is 2. The standard InChI is InChI=1S/C42H30N2/c1-3-15-29(16-4-1)41-35(27-43-37-23-11-7-19-31(37)32-20-8-12-24-38(32)43)36(42(41)30-17-5-2-6-18-30)28-44-39-25-13-9-21-33(39)34-22-10-14-26-40(34)44/h1-28,41-42H/b35-27-,36-28-. The number of aromatic nitrogens is 2. The second-order valence-electron chi connectivity index (χ2n) is 11.8. The zero-order valence-electron chi connectivity index (χ0n) is 24.2. The van der Waals surface area contributed by atoms with Crippen LogP contribution >= 0.6 is 0 Å². The molecule has 6 aromatic carbocycles. The minimum Gasteiger partial charge on any atom is -0.316 e. The van der Waals surface area contributed by atoms with Gasteiger partial charge in [-0.05, 0) is 46.5 Å². The number of hydrogen-bond acceptors (Lipinski definition) is 0. The Bertz CT molecular complexity index is 2110. The smallest absolute Gasteiger partial charge is 0.0535 e. The van der Waals surface area contributed by atoms with Crippen molar-refractivity contribution in [1.82, 2.24) is 9.13 Å². The Morgan fingerprint density at radius 1 is 0.318 bits per heavy atom. The first-order valence-corrected chi connectivity index (χ1v) is 15.4. The molecule has 8 aromatic rings. The van der Waals surface area contributed by atoms with E-state index in [1.165, 1.54) is 65.9 Å². The third kappa shape index (κ3) is 3.74. The largest absolute Gasteiger partial charge is 0.316 e. The molecule has 2 aromatic heterocycles. The van der Waals surface area contributed by atoms with Gasteiger partial charge in [-0.1, -0.05) is 133 Å². The Hall–Kier alpha value is -5.60. The molecule has 0 amide bonds. The molecule has 1 saturated carbocycles. The number of rotatable bonds is 4. The van der Waals surface area contributed by atoms with Gasteiger partial charge in [-0.25, -0.2) is 0 Å². The number of para-hydroxylation sites is 4. The van der Waals surface area contributed by atoms with Crippen LogP contribution in [-0.2, 0) is 0 Å². The van der Waals surface area contributed by atoms with Crippen molar-refractivity contribution in [3.8, 4) is 0 Å². The number of nitrogens with zero attached hydrogens (tertiary/aromatic N) is 2. The molecule has 0 bridgehead atoms. The zero-order chi connectivity index (χ0) is 29.0. The highest BCUT2D eigenvalue weighted by atomic mass is 15.0. The topological polar surface area (TPSA) is 9.86 Å². The van der Waals surface area contributed by atoms with E-state index < -0.39 is 0 Å². The number of fused-ring (bicyclic) bond motifs is 6. The van der Waals surface area contributed by atoms with Crippen LogP contribution in [0.4, 0.5) is 0 Å². The van der Waals surface area contributed by atoms with Crippen molar-refractivity contribution in [2.75, 3.05) is 0 Å². The van der Waals surface area contributed by atoms with Crippen LogP contribution in [0.5, 0.6) is 0 Å². The molecule has 0 aliphatic heterocycles. The summed E-state index contributed by atoms with van der Waals surface area (Å²) in [6, 6.07) is 57.2. The van der Waals surface area contributed by atoms with Crippen LogP contribution in [0, 0.1) is 0 Å². The summed E-state index contributed by atoms with van der Waals surface area (Å²) in [6.07, 6.45) is 4.84. The summed E-state index contributed by atoms with van der Waals surface area (Å²) < 4.78 is 4.83. The van der Waals surface area contributed by atoms with Crippen molar-refractivity contribution in [3.05, 3.63) is 180 Å². The van der Waals surface area contributed by atoms with E-state index in [2.05, 4.69) is 179 Å². The molecule has 2 nitrogen and oxygen atoms in total. The van der Waals surface area contributed by atoms with Crippen molar-refractivity contribution in [3.63, 3.8) is 0 Å². The van der Waals surface area contributed by atoms with Crippen LogP contribution < -0.4 is 0 Å². The minimum absolute atomic E-state index is 0.220. The molecule has 9 rings (SSSR count). The lowest BCUT2D eigenvalue weighted by Gasteiger charge is -2.44. The van der Waals surface area contributed by atoms with E-state index in [4.69, 9.17) is 0 Å². The highest BCUT2D eigenvalue weighted by Gasteiger charge is 2.43. The molecule has 2 atom stereocenters. The second-order valence-corrected chi connectivity index (χ2v) is 11.8. The van der Waals surface area contributed by atoms with Crippen molar-refractivity contribution < 1.29 is 0 Å². The van der Waals surface area contributed by atoms with Gasteiger partial charge in [0, 0.05) is 45.8 Å². The summed E-state index contributed by atoms with van der Waals surface area (Å²) in [7, 11) is 0. The summed E-state index contributed by atoms with van der Waals surface area (Å²) in [4.78, 5) is 0. The third-order valence-corrected chi connectivity index (χ3v) is 9.43. The van der Waals surface area contributed by atoms with Gasteiger partial charge in [-0.3, -0.25) is 0 Å². The lowest BCUT2D eigenvalue weighted by molar-refractivity contribution is 0.591.